The predicted octanol–water partition coefficient (Wildman–Crippen LogP) is 12.3. The van der Waals surface area contributed by atoms with Crippen molar-refractivity contribution in [1.29, 1.82) is 0 Å². The molecule has 6 rings (SSSR count). The lowest BCUT2D eigenvalue weighted by molar-refractivity contribution is 1.06. The molecular weight excluding hydrogens is 608 g/mol. The van der Waals surface area contributed by atoms with Crippen molar-refractivity contribution in [2.45, 2.75) is 66.6 Å². The molecule has 0 amide bonds. The summed E-state index contributed by atoms with van der Waals surface area (Å²) in [6, 6.07) is 37.2. The molecule has 0 bridgehead atoms. The fourth-order valence-corrected chi connectivity index (χ4v) is 8.71. The van der Waals surface area contributed by atoms with Crippen molar-refractivity contribution in [1.82, 2.24) is 0 Å². The summed E-state index contributed by atoms with van der Waals surface area (Å²) < 4.78 is -0.612. The van der Waals surface area contributed by atoms with E-state index in [9.17, 15) is 0 Å². The van der Waals surface area contributed by atoms with Gasteiger partial charge in [-0.3, -0.25) is 0 Å². The molecule has 0 aliphatic heterocycles. The smallest absolute Gasteiger partial charge is 0.0695 e. The highest BCUT2D eigenvalue weighted by atomic mass is 79.9. The number of rotatable bonds is 5. The van der Waals surface area contributed by atoms with Crippen molar-refractivity contribution in [3.8, 4) is 0 Å². The minimum Gasteiger partial charge on any atom is -0.0695 e. The van der Waals surface area contributed by atoms with Crippen molar-refractivity contribution >= 4 is 38.2 Å². The average molecular weight is 652 g/mol. The van der Waals surface area contributed by atoms with E-state index < -0.39 is 4.32 Å². The molecule has 5 aromatic carbocycles. The van der Waals surface area contributed by atoms with E-state index in [4.69, 9.17) is 0 Å². The molecular formula is C44H43Br. The maximum atomic E-state index is 4.63. The van der Waals surface area contributed by atoms with Crippen molar-refractivity contribution in [2.24, 2.45) is 0 Å². The third-order valence-electron chi connectivity index (χ3n) is 8.90. The van der Waals surface area contributed by atoms with Gasteiger partial charge in [0, 0.05) is 0 Å². The molecule has 5 aromatic rings. The van der Waals surface area contributed by atoms with E-state index in [0.717, 1.165) is 0 Å². The van der Waals surface area contributed by atoms with Crippen molar-refractivity contribution in [3.05, 3.63) is 175 Å². The van der Waals surface area contributed by atoms with E-state index in [-0.39, 0.29) is 0 Å². The van der Waals surface area contributed by atoms with Crippen molar-refractivity contribution < 1.29 is 0 Å². The minimum atomic E-state index is -0.612. The van der Waals surface area contributed by atoms with Gasteiger partial charge in [-0.2, -0.15) is 0 Å². The molecule has 1 aliphatic carbocycles. The van der Waals surface area contributed by atoms with Crippen molar-refractivity contribution in [2.75, 3.05) is 0 Å². The Labute approximate surface area is 278 Å². The summed E-state index contributed by atoms with van der Waals surface area (Å²) >= 11 is 4.63. The molecule has 0 fully saturated rings. The number of allylic oxidation sites excluding steroid dienone is 4. The van der Waals surface area contributed by atoms with Gasteiger partial charge in [0.2, 0.25) is 0 Å². The number of alkyl halides is 1. The first-order valence-corrected chi connectivity index (χ1v) is 16.7. The molecule has 0 unspecified atom stereocenters. The molecule has 0 spiro atoms. The first-order valence-electron chi connectivity index (χ1n) is 15.9. The first kappa shape index (κ1) is 31.1. The van der Waals surface area contributed by atoms with Crippen LogP contribution in [-0.4, -0.2) is 0 Å². The van der Waals surface area contributed by atoms with Crippen LogP contribution in [0.25, 0.3) is 22.3 Å². The van der Waals surface area contributed by atoms with Crippen LogP contribution in [0.15, 0.2) is 97.1 Å². The van der Waals surface area contributed by atoms with Gasteiger partial charge in [0.15, 0.2) is 0 Å². The molecule has 0 heterocycles. The van der Waals surface area contributed by atoms with Crippen LogP contribution >= 0.6 is 15.9 Å². The van der Waals surface area contributed by atoms with Crippen LogP contribution in [0, 0.1) is 62.3 Å². The Morgan fingerprint density at radius 1 is 0.356 bits per heavy atom. The second-order valence-electron chi connectivity index (χ2n) is 13.5. The number of hydrogen-bond donors (Lipinski definition) is 0. The lowest BCUT2D eigenvalue weighted by atomic mass is 9.79. The number of benzene rings is 5. The Balaban J connectivity index is 1.91. The normalized spacial score (nSPS) is 14.4. The van der Waals surface area contributed by atoms with E-state index in [0.29, 0.717) is 0 Å². The Bertz CT molecular complexity index is 1840. The van der Waals surface area contributed by atoms with Crippen LogP contribution in [0.3, 0.4) is 0 Å². The third kappa shape index (κ3) is 5.80. The lowest BCUT2D eigenvalue weighted by Crippen LogP contribution is -2.21. The van der Waals surface area contributed by atoms with Gasteiger partial charge in [-0.15, -0.1) is 0 Å². The first-order chi connectivity index (χ1) is 21.3. The Morgan fingerprint density at radius 2 is 0.667 bits per heavy atom. The molecule has 0 radical (unpaired) electrons. The second-order valence-corrected chi connectivity index (χ2v) is 14.7. The van der Waals surface area contributed by atoms with Gasteiger partial charge in [-0.1, -0.05) is 163 Å². The van der Waals surface area contributed by atoms with Gasteiger partial charge in [0.05, 0.1) is 0 Å². The highest BCUT2D eigenvalue weighted by Crippen LogP contribution is 2.65. The van der Waals surface area contributed by atoms with Gasteiger partial charge >= 0.3 is 0 Å². The van der Waals surface area contributed by atoms with Gasteiger partial charge in [0.25, 0.3) is 0 Å². The summed E-state index contributed by atoms with van der Waals surface area (Å²) in [5, 5.41) is 0. The Kier molecular flexibility index (Phi) is 8.12. The second kappa shape index (κ2) is 11.8. The zero-order chi connectivity index (χ0) is 32.2. The van der Waals surface area contributed by atoms with Crippen LogP contribution in [0.5, 0.6) is 0 Å². The highest BCUT2D eigenvalue weighted by molar-refractivity contribution is 9.10. The maximum Gasteiger partial charge on any atom is 0.103 e. The molecule has 45 heavy (non-hydrogen) atoms. The molecule has 1 aliphatic rings. The van der Waals surface area contributed by atoms with Crippen LogP contribution in [0.2, 0.25) is 0 Å². The summed E-state index contributed by atoms with van der Waals surface area (Å²) in [6.45, 7) is 19.9. The summed E-state index contributed by atoms with van der Waals surface area (Å²) in [5.41, 5.74) is 22.9. The standard InChI is InChI=1S/C44H43Br/c1-26-11-10-12-39(25-26)44(45)42(37-21-31(6)15-32(7)22-37)40(35-17-27(2)13-28(3)18-35)41(36-19-29(4)14-30(5)20-36)43(44)38-23-33(8)16-34(9)24-38/h10-25H,1-9H3. The minimum absolute atomic E-state index is 0.612. The lowest BCUT2D eigenvalue weighted by Gasteiger charge is -2.32. The topological polar surface area (TPSA) is 0 Å². The third-order valence-corrected chi connectivity index (χ3v) is 10.1. The van der Waals surface area contributed by atoms with E-state index in [1.165, 1.54) is 100 Å². The molecule has 226 valence electrons. The number of halogens is 1. The van der Waals surface area contributed by atoms with Crippen LogP contribution in [0.4, 0.5) is 0 Å². The van der Waals surface area contributed by atoms with Crippen LogP contribution < -0.4 is 0 Å². The largest absolute Gasteiger partial charge is 0.103 e. The molecule has 0 saturated heterocycles. The molecule has 0 nitrogen and oxygen atoms in total. The summed E-state index contributed by atoms with van der Waals surface area (Å²) in [5.74, 6) is 0. The fourth-order valence-electron chi connectivity index (χ4n) is 7.61. The molecule has 0 N–H and O–H groups in total. The predicted molar refractivity (Wildman–Crippen MR) is 199 cm³/mol. The van der Waals surface area contributed by atoms with Crippen LogP contribution in [0.1, 0.15) is 77.9 Å². The summed E-state index contributed by atoms with van der Waals surface area (Å²) in [6.07, 6.45) is 0. The maximum absolute atomic E-state index is 4.63. The molecule has 0 aromatic heterocycles. The van der Waals surface area contributed by atoms with Crippen LogP contribution in [-0.2, 0) is 4.32 Å². The quantitative estimate of drug-likeness (QED) is 0.166. The Hall–Kier alpha value is -3.94. The average Bonchev–Trinajstić information content (AvgIpc) is 3.21. The zero-order valence-corrected chi connectivity index (χ0v) is 29.7. The zero-order valence-electron chi connectivity index (χ0n) is 28.1. The number of hydrogen-bond acceptors (Lipinski definition) is 0. The molecule has 0 saturated carbocycles. The fraction of sp³-hybridized carbons (Fsp3) is 0.227. The number of aryl methyl sites for hydroxylation is 9. The van der Waals surface area contributed by atoms with Gasteiger partial charge in [-0.25, -0.2) is 0 Å². The van der Waals surface area contributed by atoms with E-state index in [1.807, 2.05) is 0 Å². The van der Waals surface area contributed by atoms with E-state index >= 15 is 0 Å². The molecule has 1 heteroatoms. The van der Waals surface area contributed by atoms with E-state index in [2.05, 4.69) is 175 Å². The highest BCUT2D eigenvalue weighted by Gasteiger charge is 2.48. The van der Waals surface area contributed by atoms with E-state index in [1.54, 1.807) is 0 Å². The van der Waals surface area contributed by atoms with Gasteiger partial charge in [-0.05, 0) is 112 Å². The SMILES string of the molecule is Cc1cc(C)cc(C2=C(c3cc(C)cc(C)c3)C(Br)(c3cccc(C)c3)C(c3cc(C)cc(C)c3)=C2c2cc(C)cc(C)c2)c1. The molecule has 0 atom stereocenters. The monoisotopic (exact) mass is 650 g/mol. The van der Waals surface area contributed by atoms with Crippen molar-refractivity contribution in [3.63, 3.8) is 0 Å². The van der Waals surface area contributed by atoms with Gasteiger partial charge in [0.1, 0.15) is 4.32 Å². The Morgan fingerprint density at radius 3 is 0.978 bits per heavy atom. The summed E-state index contributed by atoms with van der Waals surface area (Å²) in [7, 11) is 0. The van der Waals surface area contributed by atoms with Gasteiger partial charge < -0.3 is 0 Å². The summed E-state index contributed by atoms with van der Waals surface area (Å²) in [4.78, 5) is 0.